The van der Waals surface area contributed by atoms with Crippen molar-refractivity contribution < 1.29 is 4.79 Å². The Bertz CT molecular complexity index is 724. The van der Waals surface area contributed by atoms with Gasteiger partial charge >= 0.3 is 0 Å². The van der Waals surface area contributed by atoms with E-state index in [-0.39, 0.29) is 5.78 Å². The minimum atomic E-state index is -0.578. The van der Waals surface area contributed by atoms with Gasteiger partial charge in [-0.1, -0.05) is 29.3 Å². The zero-order chi connectivity index (χ0) is 18.4. The van der Waals surface area contributed by atoms with Crippen molar-refractivity contribution in [3.63, 3.8) is 0 Å². The molecular formula is C19H22Cl2N4O. The lowest BCUT2D eigenvalue weighted by atomic mass is 10.2. The molecule has 26 heavy (non-hydrogen) atoms. The summed E-state index contributed by atoms with van der Waals surface area (Å²) in [5.74, 6) is -0.0560. The summed E-state index contributed by atoms with van der Waals surface area (Å²) in [6.07, 6.45) is 7.89. The molecule has 3 rings (SSSR count). The van der Waals surface area contributed by atoms with E-state index in [0.717, 1.165) is 51.3 Å². The van der Waals surface area contributed by atoms with Crippen molar-refractivity contribution in [2.45, 2.75) is 19.0 Å². The fraction of sp³-hybridized carbons (Fsp3) is 0.421. The molecule has 0 bridgehead atoms. The number of halogens is 2. The van der Waals surface area contributed by atoms with Crippen LogP contribution < -0.4 is 4.90 Å². The molecule has 1 unspecified atom stereocenters. The van der Waals surface area contributed by atoms with E-state index < -0.39 is 6.17 Å². The predicted molar refractivity (Wildman–Crippen MR) is 109 cm³/mol. The summed E-state index contributed by atoms with van der Waals surface area (Å²) in [7, 11) is 0. The summed E-state index contributed by atoms with van der Waals surface area (Å²) >= 11 is 12.4. The number of piperazine rings is 1. The molecule has 1 atom stereocenters. The number of aliphatic imine (C=N–C) groups is 2. The van der Waals surface area contributed by atoms with Crippen LogP contribution in [0.2, 0.25) is 10.0 Å². The summed E-state index contributed by atoms with van der Waals surface area (Å²) in [4.78, 5) is 24.6. The summed E-state index contributed by atoms with van der Waals surface area (Å²) in [6, 6.07) is 5.77. The highest BCUT2D eigenvalue weighted by molar-refractivity contribution is 6.43. The summed E-state index contributed by atoms with van der Waals surface area (Å²) in [5, 5.41) is 1.23. The van der Waals surface area contributed by atoms with Crippen LogP contribution in [0.25, 0.3) is 0 Å². The molecule has 0 saturated carbocycles. The maximum Gasteiger partial charge on any atom is 0.202 e. The first-order valence-electron chi connectivity index (χ1n) is 8.82. The molecule has 0 aromatic heterocycles. The van der Waals surface area contributed by atoms with Crippen LogP contribution in [0.4, 0.5) is 5.69 Å². The molecule has 5 nitrogen and oxygen atoms in total. The fourth-order valence-corrected chi connectivity index (χ4v) is 3.49. The quantitative estimate of drug-likeness (QED) is 0.549. The van der Waals surface area contributed by atoms with E-state index in [2.05, 4.69) is 19.8 Å². The van der Waals surface area contributed by atoms with E-state index in [9.17, 15) is 4.79 Å². The lowest BCUT2D eigenvalue weighted by molar-refractivity contribution is -0.115. The van der Waals surface area contributed by atoms with Crippen molar-refractivity contribution in [1.82, 2.24) is 4.90 Å². The Morgan fingerprint density at radius 2 is 2.04 bits per heavy atom. The molecular weight excluding hydrogens is 371 g/mol. The third kappa shape index (κ3) is 4.93. The topological polar surface area (TPSA) is 48.3 Å². The minimum absolute atomic E-state index is 0.0560. The summed E-state index contributed by atoms with van der Waals surface area (Å²) in [6.45, 7) is 4.88. The number of anilines is 1. The van der Waals surface area contributed by atoms with Crippen LogP contribution in [0, 0.1) is 0 Å². The molecule has 1 aromatic carbocycles. The van der Waals surface area contributed by atoms with Gasteiger partial charge in [-0.3, -0.25) is 19.7 Å². The normalized spacial score (nSPS) is 21.1. The monoisotopic (exact) mass is 392 g/mol. The number of ketones is 1. The molecule has 7 heteroatoms. The van der Waals surface area contributed by atoms with Gasteiger partial charge in [0.2, 0.25) is 11.9 Å². The number of rotatable bonds is 6. The number of nitrogens with zero attached hydrogens (tertiary/aromatic N) is 4. The average Bonchev–Trinajstić information content (AvgIpc) is 2.66. The van der Waals surface area contributed by atoms with Gasteiger partial charge < -0.3 is 4.90 Å². The number of carbonyl (C=O) groups is 1. The number of unbranched alkanes of at least 4 members (excludes halogenated alkanes) is 1. The third-order valence-electron chi connectivity index (χ3n) is 4.53. The van der Waals surface area contributed by atoms with Crippen LogP contribution in [0.5, 0.6) is 0 Å². The lowest BCUT2D eigenvalue weighted by Crippen LogP contribution is -2.46. The van der Waals surface area contributed by atoms with Gasteiger partial charge in [-0.2, -0.15) is 0 Å². The van der Waals surface area contributed by atoms with Gasteiger partial charge in [-0.25, -0.2) is 0 Å². The standard InChI is InChI=1S/C19H22Cl2N4O/c20-15-5-3-6-16(18(15)21)25-13-11-24(12-14-25)10-2-1-8-22-19-17(26)7-4-9-23-19/h3-9,19H,1-2,10-14H2/b22-8+. The zero-order valence-corrected chi connectivity index (χ0v) is 16.0. The second-order valence-corrected chi connectivity index (χ2v) is 7.09. The fourth-order valence-electron chi connectivity index (χ4n) is 3.07. The molecule has 138 valence electrons. The average molecular weight is 393 g/mol. The van der Waals surface area contributed by atoms with Gasteiger partial charge in [-0.05, 0) is 43.7 Å². The van der Waals surface area contributed by atoms with Crippen molar-refractivity contribution in [3.8, 4) is 0 Å². The van der Waals surface area contributed by atoms with Gasteiger partial charge in [0.1, 0.15) is 0 Å². The van der Waals surface area contributed by atoms with E-state index in [4.69, 9.17) is 23.2 Å². The Kier molecular flexibility index (Phi) is 6.83. The van der Waals surface area contributed by atoms with Gasteiger partial charge in [0.15, 0.2) is 0 Å². The highest BCUT2D eigenvalue weighted by Crippen LogP contribution is 2.32. The first-order valence-corrected chi connectivity index (χ1v) is 9.57. The maximum atomic E-state index is 11.6. The van der Waals surface area contributed by atoms with Crippen LogP contribution in [0.3, 0.4) is 0 Å². The van der Waals surface area contributed by atoms with Crippen LogP contribution in [0.1, 0.15) is 12.8 Å². The molecule has 1 fully saturated rings. The molecule has 2 aliphatic heterocycles. The Labute approximate surface area is 164 Å². The SMILES string of the molecule is O=C1C=CC=NC1/N=C/CCCN1CCN(c2cccc(Cl)c2Cl)CC1. The third-order valence-corrected chi connectivity index (χ3v) is 5.34. The van der Waals surface area contributed by atoms with Crippen molar-refractivity contribution in [2.75, 3.05) is 37.6 Å². The number of hydrogen-bond acceptors (Lipinski definition) is 5. The molecule has 0 aliphatic carbocycles. The van der Waals surface area contributed by atoms with E-state index in [0.29, 0.717) is 10.0 Å². The van der Waals surface area contributed by atoms with Crippen molar-refractivity contribution in [2.24, 2.45) is 9.98 Å². The maximum absolute atomic E-state index is 11.6. The number of benzene rings is 1. The molecule has 1 aromatic rings. The van der Waals surface area contributed by atoms with E-state index >= 15 is 0 Å². The van der Waals surface area contributed by atoms with Crippen LogP contribution in [0.15, 0.2) is 40.3 Å². The van der Waals surface area contributed by atoms with Crippen molar-refractivity contribution >= 4 is 47.1 Å². The van der Waals surface area contributed by atoms with Gasteiger partial charge in [0.05, 0.1) is 15.7 Å². The molecule has 0 radical (unpaired) electrons. The molecule has 0 spiro atoms. The van der Waals surface area contributed by atoms with Gasteiger partial charge in [-0.15, -0.1) is 0 Å². The molecule has 2 aliphatic rings. The van der Waals surface area contributed by atoms with Gasteiger partial charge in [0, 0.05) is 38.6 Å². The second kappa shape index (κ2) is 9.31. The Balaban J connectivity index is 1.38. The van der Waals surface area contributed by atoms with E-state index in [1.807, 2.05) is 24.4 Å². The smallest absolute Gasteiger partial charge is 0.202 e. The summed E-state index contributed by atoms with van der Waals surface area (Å²) in [5.41, 5.74) is 1.01. The van der Waals surface area contributed by atoms with Crippen LogP contribution in [-0.4, -0.2) is 62.0 Å². The minimum Gasteiger partial charge on any atom is -0.368 e. The zero-order valence-electron chi connectivity index (χ0n) is 14.5. The number of carbonyl (C=O) groups excluding carboxylic acids is 1. The highest BCUT2D eigenvalue weighted by atomic mass is 35.5. The van der Waals surface area contributed by atoms with E-state index in [1.54, 1.807) is 12.3 Å². The first-order chi connectivity index (χ1) is 12.6. The largest absolute Gasteiger partial charge is 0.368 e. The number of allylic oxidation sites excluding steroid dienone is 1. The molecule has 1 saturated heterocycles. The van der Waals surface area contributed by atoms with E-state index in [1.165, 1.54) is 6.08 Å². The number of dihydropyridines is 1. The second-order valence-electron chi connectivity index (χ2n) is 6.31. The number of hydrogen-bond donors (Lipinski definition) is 0. The van der Waals surface area contributed by atoms with Gasteiger partial charge in [0.25, 0.3) is 0 Å². The highest BCUT2D eigenvalue weighted by Gasteiger charge is 2.19. The van der Waals surface area contributed by atoms with Crippen LogP contribution >= 0.6 is 23.2 Å². The molecule has 0 N–H and O–H groups in total. The van der Waals surface area contributed by atoms with Crippen LogP contribution in [-0.2, 0) is 4.79 Å². The first kappa shape index (κ1) is 19.1. The predicted octanol–water partition coefficient (Wildman–Crippen LogP) is 3.50. The summed E-state index contributed by atoms with van der Waals surface area (Å²) < 4.78 is 0. The Morgan fingerprint density at radius 3 is 2.81 bits per heavy atom. The molecule has 2 heterocycles. The van der Waals surface area contributed by atoms with Crippen molar-refractivity contribution in [3.05, 3.63) is 40.4 Å². The Hall–Kier alpha value is -1.69. The Morgan fingerprint density at radius 1 is 1.23 bits per heavy atom. The van der Waals surface area contributed by atoms with Crippen molar-refractivity contribution in [1.29, 1.82) is 0 Å². The molecule has 0 amide bonds. The lowest BCUT2D eigenvalue weighted by Gasteiger charge is -2.36.